The fourth-order valence-electron chi connectivity index (χ4n) is 1.31. The lowest BCUT2D eigenvalue weighted by Gasteiger charge is -2.07. The standard InChI is InChI=1S/C12H10ClN3O3/c1-18-12(17)9-5-15-6-11(16-9)19-10-3-2-7(14)4-8(10)13/h2-6H,14H2,1H3. The van der Waals surface area contributed by atoms with Gasteiger partial charge in [-0.25, -0.2) is 9.78 Å². The number of nitrogens with zero attached hydrogens (tertiary/aromatic N) is 2. The average molecular weight is 280 g/mol. The van der Waals surface area contributed by atoms with E-state index in [9.17, 15) is 4.79 Å². The molecule has 98 valence electrons. The Morgan fingerprint density at radius 2 is 2.16 bits per heavy atom. The van der Waals surface area contributed by atoms with Crippen LogP contribution in [0.3, 0.4) is 0 Å². The molecule has 0 aliphatic carbocycles. The maximum absolute atomic E-state index is 11.3. The largest absolute Gasteiger partial charge is 0.464 e. The molecule has 0 fully saturated rings. The molecule has 2 N–H and O–H groups in total. The number of carbonyl (C=O) groups is 1. The van der Waals surface area contributed by atoms with E-state index in [1.54, 1.807) is 18.2 Å². The monoisotopic (exact) mass is 279 g/mol. The van der Waals surface area contributed by atoms with Crippen molar-refractivity contribution in [2.45, 2.75) is 0 Å². The van der Waals surface area contributed by atoms with Crippen molar-refractivity contribution >= 4 is 23.3 Å². The fraction of sp³-hybridized carbons (Fsp3) is 0.0833. The normalized spacial score (nSPS) is 10.0. The van der Waals surface area contributed by atoms with Gasteiger partial charge in [-0.1, -0.05) is 11.6 Å². The van der Waals surface area contributed by atoms with Crippen LogP contribution in [-0.4, -0.2) is 23.0 Å². The Morgan fingerprint density at radius 1 is 1.37 bits per heavy atom. The smallest absolute Gasteiger partial charge is 0.358 e. The third kappa shape index (κ3) is 3.11. The summed E-state index contributed by atoms with van der Waals surface area (Å²) < 4.78 is 9.97. The van der Waals surface area contributed by atoms with Crippen LogP contribution in [0.15, 0.2) is 30.6 Å². The number of hydrogen-bond donors (Lipinski definition) is 1. The second-order valence-electron chi connectivity index (χ2n) is 3.53. The molecule has 1 heterocycles. The summed E-state index contributed by atoms with van der Waals surface area (Å²) in [6, 6.07) is 4.79. The molecule has 0 saturated heterocycles. The zero-order valence-electron chi connectivity index (χ0n) is 9.96. The van der Waals surface area contributed by atoms with Gasteiger partial charge in [0.2, 0.25) is 5.88 Å². The third-order valence-electron chi connectivity index (χ3n) is 2.18. The molecule has 0 aliphatic rings. The molecule has 19 heavy (non-hydrogen) atoms. The molecule has 0 unspecified atom stereocenters. The number of ether oxygens (including phenoxy) is 2. The van der Waals surface area contributed by atoms with Gasteiger partial charge in [-0.05, 0) is 18.2 Å². The minimum absolute atomic E-state index is 0.0477. The summed E-state index contributed by atoms with van der Waals surface area (Å²) in [5.74, 6) is -0.0943. The number of aromatic nitrogens is 2. The van der Waals surface area contributed by atoms with E-state index in [0.29, 0.717) is 16.5 Å². The van der Waals surface area contributed by atoms with Crippen molar-refractivity contribution in [1.82, 2.24) is 9.97 Å². The van der Waals surface area contributed by atoms with E-state index in [0.717, 1.165) is 0 Å². The van der Waals surface area contributed by atoms with E-state index in [1.807, 2.05) is 0 Å². The highest BCUT2D eigenvalue weighted by molar-refractivity contribution is 6.32. The second-order valence-corrected chi connectivity index (χ2v) is 3.93. The topological polar surface area (TPSA) is 87.3 Å². The molecule has 6 nitrogen and oxygen atoms in total. The van der Waals surface area contributed by atoms with Crippen LogP contribution < -0.4 is 10.5 Å². The van der Waals surface area contributed by atoms with Gasteiger partial charge in [-0.3, -0.25) is 4.98 Å². The summed E-state index contributed by atoms with van der Waals surface area (Å²) in [5, 5.41) is 0.338. The van der Waals surface area contributed by atoms with E-state index in [-0.39, 0.29) is 11.6 Å². The highest BCUT2D eigenvalue weighted by atomic mass is 35.5. The van der Waals surface area contributed by atoms with Crippen LogP contribution in [-0.2, 0) is 4.74 Å². The lowest BCUT2D eigenvalue weighted by atomic mass is 10.3. The summed E-state index contributed by atoms with van der Waals surface area (Å²) in [6.07, 6.45) is 2.64. The second kappa shape index (κ2) is 5.53. The number of halogens is 1. The Morgan fingerprint density at radius 3 is 2.84 bits per heavy atom. The zero-order chi connectivity index (χ0) is 13.8. The first kappa shape index (κ1) is 13.1. The minimum atomic E-state index is -0.596. The number of nitrogens with two attached hydrogens (primary N) is 1. The van der Waals surface area contributed by atoms with E-state index in [4.69, 9.17) is 22.1 Å². The van der Waals surface area contributed by atoms with Crippen LogP contribution in [0.2, 0.25) is 5.02 Å². The van der Waals surface area contributed by atoms with Gasteiger partial charge < -0.3 is 15.2 Å². The van der Waals surface area contributed by atoms with Crippen molar-refractivity contribution in [1.29, 1.82) is 0 Å². The molecule has 7 heteroatoms. The molecule has 0 aliphatic heterocycles. The molecule has 0 radical (unpaired) electrons. The first-order valence-corrected chi connectivity index (χ1v) is 5.61. The van der Waals surface area contributed by atoms with Crippen molar-refractivity contribution in [3.8, 4) is 11.6 Å². The molecule has 2 aromatic rings. The van der Waals surface area contributed by atoms with E-state index in [1.165, 1.54) is 19.5 Å². The number of methoxy groups -OCH3 is 1. The third-order valence-corrected chi connectivity index (χ3v) is 2.47. The molecular weight excluding hydrogens is 270 g/mol. The summed E-state index contributed by atoms with van der Waals surface area (Å²) in [6.45, 7) is 0. The van der Waals surface area contributed by atoms with Crippen molar-refractivity contribution in [3.05, 3.63) is 41.3 Å². The number of nitrogen functional groups attached to an aromatic ring is 1. The highest BCUT2D eigenvalue weighted by Crippen LogP contribution is 2.29. The quantitative estimate of drug-likeness (QED) is 0.685. The fourth-order valence-corrected chi connectivity index (χ4v) is 1.54. The molecule has 0 saturated carbocycles. The van der Waals surface area contributed by atoms with E-state index < -0.39 is 5.97 Å². The van der Waals surface area contributed by atoms with Crippen LogP contribution in [0, 0.1) is 0 Å². The first-order chi connectivity index (χ1) is 9.10. The van der Waals surface area contributed by atoms with Crippen LogP contribution in [0.5, 0.6) is 11.6 Å². The number of benzene rings is 1. The van der Waals surface area contributed by atoms with Gasteiger partial charge in [-0.2, -0.15) is 0 Å². The van der Waals surface area contributed by atoms with Crippen molar-refractivity contribution in [2.75, 3.05) is 12.8 Å². The number of anilines is 1. The lowest BCUT2D eigenvalue weighted by molar-refractivity contribution is 0.0592. The maximum Gasteiger partial charge on any atom is 0.358 e. The Kier molecular flexibility index (Phi) is 3.82. The molecule has 0 bridgehead atoms. The minimum Gasteiger partial charge on any atom is -0.464 e. The molecule has 0 atom stereocenters. The maximum atomic E-state index is 11.3. The van der Waals surface area contributed by atoms with Gasteiger partial charge >= 0.3 is 5.97 Å². The summed E-state index contributed by atoms with van der Waals surface area (Å²) in [7, 11) is 1.26. The van der Waals surface area contributed by atoms with Crippen LogP contribution in [0.4, 0.5) is 5.69 Å². The van der Waals surface area contributed by atoms with Gasteiger partial charge in [0, 0.05) is 5.69 Å². The van der Waals surface area contributed by atoms with Crippen LogP contribution >= 0.6 is 11.6 Å². The van der Waals surface area contributed by atoms with Crippen molar-refractivity contribution < 1.29 is 14.3 Å². The van der Waals surface area contributed by atoms with Gasteiger partial charge in [0.15, 0.2) is 5.69 Å². The summed E-state index contributed by atoms with van der Waals surface area (Å²) >= 11 is 5.96. The predicted molar refractivity (Wildman–Crippen MR) is 69.3 cm³/mol. The molecular formula is C12H10ClN3O3. The molecule has 0 amide bonds. The van der Waals surface area contributed by atoms with Crippen molar-refractivity contribution in [2.24, 2.45) is 0 Å². The lowest BCUT2D eigenvalue weighted by Crippen LogP contribution is -2.05. The van der Waals surface area contributed by atoms with E-state index >= 15 is 0 Å². The number of rotatable bonds is 3. The molecule has 1 aromatic carbocycles. The first-order valence-electron chi connectivity index (χ1n) is 5.23. The average Bonchev–Trinajstić information content (AvgIpc) is 2.41. The predicted octanol–water partition coefficient (Wildman–Crippen LogP) is 2.29. The van der Waals surface area contributed by atoms with Gasteiger partial charge in [0.05, 0.1) is 24.5 Å². The zero-order valence-corrected chi connectivity index (χ0v) is 10.7. The van der Waals surface area contributed by atoms with Crippen LogP contribution in [0.25, 0.3) is 0 Å². The molecule has 1 aromatic heterocycles. The van der Waals surface area contributed by atoms with Crippen molar-refractivity contribution in [3.63, 3.8) is 0 Å². The van der Waals surface area contributed by atoms with Gasteiger partial charge in [-0.15, -0.1) is 0 Å². The Bertz CT molecular complexity index is 619. The van der Waals surface area contributed by atoms with E-state index in [2.05, 4.69) is 14.7 Å². The highest BCUT2D eigenvalue weighted by Gasteiger charge is 2.10. The van der Waals surface area contributed by atoms with Crippen LogP contribution in [0.1, 0.15) is 10.5 Å². The number of carbonyl (C=O) groups excluding carboxylic acids is 1. The summed E-state index contributed by atoms with van der Waals surface area (Å²) in [5.41, 5.74) is 6.14. The SMILES string of the molecule is COC(=O)c1cncc(Oc2ccc(N)cc2Cl)n1. The van der Waals surface area contributed by atoms with Gasteiger partial charge in [0.25, 0.3) is 0 Å². The Balaban J connectivity index is 2.26. The molecule has 0 spiro atoms. The Hall–Kier alpha value is -2.34. The Labute approximate surface area is 114 Å². The van der Waals surface area contributed by atoms with Gasteiger partial charge in [0.1, 0.15) is 5.75 Å². The molecule has 2 rings (SSSR count). The number of hydrogen-bond acceptors (Lipinski definition) is 6. The summed E-state index contributed by atoms with van der Waals surface area (Å²) in [4.78, 5) is 19.1. The number of esters is 1.